The van der Waals surface area contributed by atoms with Gasteiger partial charge in [0.1, 0.15) is 0 Å². The molecule has 1 aromatic carbocycles. The number of rotatable bonds is 6. The van der Waals surface area contributed by atoms with E-state index in [0.29, 0.717) is 17.1 Å². The molecule has 0 spiro atoms. The summed E-state index contributed by atoms with van der Waals surface area (Å²) in [4.78, 5) is 12.8. The van der Waals surface area contributed by atoms with Crippen LogP contribution >= 0.6 is 28.6 Å². The van der Waals surface area contributed by atoms with Crippen LogP contribution in [0.15, 0.2) is 27.6 Å². The van der Waals surface area contributed by atoms with Crippen LogP contribution in [0.4, 0.5) is 0 Å². The van der Waals surface area contributed by atoms with Crippen molar-refractivity contribution in [3.63, 3.8) is 0 Å². The van der Waals surface area contributed by atoms with Crippen molar-refractivity contribution in [3.05, 3.63) is 28.2 Å². The second-order valence-corrected chi connectivity index (χ2v) is 5.47. The molecule has 1 amide bonds. The molecule has 1 unspecified atom stereocenters. The fourth-order valence-electron chi connectivity index (χ4n) is 1.71. The normalized spacial score (nSPS) is 12.2. The average molecular weight is 332 g/mol. The Balaban J connectivity index is 2.73. The van der Waals surface area contributed by atoms with E-state index in [4.69, 9.17) is 4.74 Å². The van der Waals surface area contributed by atoms with Gasteiger partial charge in [0.2, 0.25) is 0 Å². The molecule has 3 nitrogen and oxygen atoms in total. The predicted octanol–water partition coefficient (Wildman–Crippen LogP) is 3.28. The van der Waals surface area contributed by atoms with Gasteiger partial charge < -0.3 is 10.1 Å². The van der Waals surface area contributed by atoms with Crippen LogP contribution in [0, 0.1) is 0 Å². The van der Waals surface area contributed by atoms with E-state index in [2.05, 4.69) is 40.8 Å². The maximum absolute atomic E-state index is 12.1. The Morgan fingerprint density at radius 2 is 2.28 bits per heavy atom. The largest absolute Gasteiger partial charge is 0.383 e. The molecular weight excluding hydrogens is 314 g/mol. The maximum Gasteiger partial charge on any atom is 0.252 e. The molecule has 5 heteroatoms. The van der Waals surface area contributed by atoms with Gasteiger partial charge in [0, 0.05) is 16.5 Å². The summed E-state index contributed by atoms with van der Waals surface area (Å²) in [6.07, 6.45) is 1.90. The molecule has 0 radical (unpaired) electrons. The van der Waals surface area contributed by atoms with E-state index in [9.17, 15) is 4.79 Å². The summed E-state index contributed by atoms with van der Waals surface area (Å²) in [6, 6.07) is 5.45. The summed E-state index contributed by atoms with van der Waals surface area (Å²) in [5.74, 6) is -0.108. The number of thiol groups is 1. The first kappa shape index (κ1) is 15.5. The van der Waals surface area contributed by atoms with Gasteiger partial charge in [0.05, 0.1) is 18.2 Å². The highest BCUT2D eigenvalue weighted by Crippen LogP contribution is 2.20. The molecular formula is C13H18BrNO2S. The van der Waals surface area contributed by atoms with Gasteiger partial charge in [-0.05, 0) is 24.6 Å². The van der Waals surface area contributed by atoms with Crippen LogP contribution in [0.3, 0.4) is 0 Å². The fraction of sp³-hybridized carbons (Fsp3) is 0.462. The first-order valence-corrected chi connectivity index (χ1v) is 7.10. The molecule has 0 aliphatic rings. The third-order valence-corrected chi connectivity index (χ3v) is 3.41. The molecule has 100 valence electrons. The summed E-state index contributed by atoms with van der Waals surface area (Å²) in [5, 5.41) is 2.97. The van der Waals surface area contributed by atoms with Crippen LogP contribution in [0.25, 0.3) is 0 Å². The van der Waals surface area contributed by atoms with Crippen LogP contribution in [-0.2, 0) is 4.74 Å². The summed E-state index contributed by atoms with van der Waals surface area (Å²) >= 11 is 7.66. The molecule has 1 aromatic rings. The van der Waals surface area contributed by atoms with Crippen molar-refractivity contribution in [2.45, 2.75) is 30.7 Å². The number of methoxy groups -OCH3 is 1. The monoisotopic (exact) mass is 331 g/mol. The first-order chi connectivity index (χ1) is 8.58. The fourth-order valence-corrected chi connectivity index (χ4v) is 2.56. The lowest BCUT2D eigenvalue weighted by atomic mass is 10.1. The molecule has 1 N–H and O–H groups in total. The number of ether oxygens (including phenoxy) is 1. The van der Waals surface area contributed by atoms with Crippen molar-refractivity contribution in [1.29, 1.82) is 0 Å². The molecule has 0 saturated carbocycles. The lowest BCUT2D eigenvalue weighted by Crippen LogP contribution is -2.38. The number of hydrogen-bond acceptors (Lipinski definition) is 3. The van der Waals surface area contributed by atoms with Gasteiger partial charge in [0.15, 0.2) is 0 Å². The number of benzene rings is 1. The van der Waals surface area contributed by atoms with Crippen molar-refractivity contribution in [2.24, 2.45) is 0 Å². The van der Waals surface area contributed by atoms with Crippen LogP contribution in [-0.4, -0.2) is 25.7 Å². The lowest BCUT2D eigenvalue weighted by molar-refractivity contribution is 0.0888. The van der Waals surface area contributed by atoms with Gasteiger partial charge >= 0.3 is 0 Å². The van der Waals surface area contributed by atoms with Crippen molar-refractivity contribution >= 4 is 34.5 Å². The van der Waals surface area contributed by atoms with Gasteiger partial charge in [-0.2, -0.15) is 0 Å². The Bertz CT molecular complexity index is 406. The SMILES string of the molecule is CCCC(COC)NC(=O)c1ccc(Br)cc1S. The van der Waals surface area contributed by atoms with Crippen LogP contribution in [0.2, 0.25) is 0 Å². The average Bonchev–Trinajstić information content (AvgIpc) is 2.29. The first-order valence-electron chi connectivity index (χ1n) is 5.86. The number of carbonyl (C=O) groups excluding carboxylic acids is 1. The Morgan fingerprint density at radius 1 is 1.56 bits per heavy atom. The number of hydrogen-bond donors (Lipinski definition) is 2. The van der Waals surface area contributed by atoms with Gasteiger partial charge in [-0.3, -0.25) is 4.79 Å². The number of amides is 1. The molecule has 0 aliphatic heterocycles. The van der Waals surface area contributed by atoms with E-state index < -0.39 is 0 Å². The smallest absolute Gasteiger partial charge is 0.252 e. The summed E-state index contributed by atoms with van der Waals surface area (Å²) in [5.41, 5.74) is 0.582. The zero-order chi connectivity index (χ0) is 13.5. The van der Waals surface area contributed by atoms with Gasteiger partial charge in [0.25, 0.3) is 5.91 Å². The Kier molecular flexibility index (Phi) is 6.75. The lowest BCUT2D eigenvalue weighted by Gasteiger charge is -2.17. The molecule has 0 aromatic heterocycles. The van der Waals surface area contributed by atoms with E-state index in [1.807, 2.05) is 12.1 Å². The minimum atomic E-state index is -0.108. The van der Waals surface area contributed by atoms with Crippen LogP contribution < -0.4 is 5.32 Å². The van der Waals surface area contributed by atoms with Crippen molar-refractivity contribution in [2.75, 3.05) is 13.7 Å². The highest BCUT2D eigenvalue weighted by molar-refractivity contribution is 9.10. The molecule has 0 bridgehead atoms. The van der Waals surface area contributed by atoms with E-state index in [0.717, 1.165) is 17.3 Å². The van der Waals surface area contributed by atoms with E-state index >= 15 is 0 Å². The van der Waals surface area contributed by atoms with Crippen molar-refractivity contribution < 1.29 is 9.53 Å². The standard InChI is InChI=1S/C13H18BrNO2S/c1-3-4-10(8-17-2)15-13(16)11-6-5-9(14)7-12(11)18/h5-7,10,18H,3-4,8H2,1-2H3,(H,15,16). The molecule has 0 heterocycles. The van der Waals surface area contributed by atoms with Crippen LogP contribution in [0.1, 0.15) is 30.1 Å². The molecule has 18 heavy (non-hydrogen) atoms. The van der Waals surface area contributed by atoms with Crippen molar-refractivity contribution in [1.82, 2.24) is 5.32 Å². The number of halogens is 1. The minimum Gasteiger partial charge on any atom is -0.383 e. The van der Waals surface area contributed by atoms with Gasteiger partial charge in [-0.15, -0.1) is 12.6 Å². The molecule has 0 saturated heterocycles. The minimum absolute atomic E-state index is 0.0453. The summed E-state index contributed by atoms with van der Waals surface area (Å²) in [7, 11) is 1.64. The van der Waals surface area contributed by atoms with Crippen LogP contribution in [0.5, 0.6) is 0 Å². The predicted molar refractivity (Wildman–Crippen MR) is 79.4 cm³/mol. The second kappa shape index (κ2) is 7.81. The topological polar surface area (TPSA) is 38.3 Å². The Hall–Kier alpha value is -0.520. The van der Waals surface area contributed by atoms with E-state index in [1.165, 1.54) is 0 Å². The molecule has 0 fully saturated rings. The summed E-state index contributed by atoms with van der Waals surface area (Å²) < 4.78 is 6.01. The molecule has 1 rings (SSSR count). The zero-order valence-corrected chi connectivity index (χ0v) is 13.1. The third-order valence-electron chi connectivity index (χ3n) is 2.54. The molecule has 1 atom stereocenters. The quantitative estimate of drug-likeness (QED) is 0.785. The van der Waals surface area contributed by atoms with Crippen molar-refractivity contribution in [3.8, 4) is 0 Å². The Morgan fingerprint density at radius 3 is 2.83 bits per heavy atom. The highest BCUT2D eigenvalue weighted by atomic mass is 79.9. The number of carbonyl (C=O) groups is 1. The maximum atomic E-state index is 12.1. The number of nitrogens with one attached hydrogen (secondary N) is 1. The second-order valence-electron chi connectivity index (χ2n) is 4.08. The van der Waals surface area contributed by atoms with E-state index in [-0.39, 0.29) is 11.9 Å². The third kappa shape index (κ3) is 4.63. The van der Waals surface area contributed by atoms with E-state index in [1.54, 1.807) is 13.2 Å². The zero-order valence-electron chi connectivity index (χ0n) is 10.6. The molecule has 0 aliphatic carbocycles. The van der Waals surface area contributed by atoms with Gasteiger partial charge in [-0.25, -0.2) is 0 Å². The highest BCUT2D eigenvalue weighted by Gasteiger charge is 2.15. The summed E-state index contributed by atoms with van der Waals surface area (Å²) in [6.45, 7) is 2.61. The Labute approximate surface area is 122 Å². The van der Waals surface area contributed by atoms with Gasteiger partial charge in [-0.1, -0.05) is 29.3 Å².